The molecule has 160 valence electrons. The smallest absolute Gasteiger partial charge is 0.255 e. The Bertz CT molecular complexity index is 1280. The molecule has 1 aromatic carbocycles. The van der Waals surface area contributed by atoms with E-state index < -0.39 is 0 Å². The predicted molar refractivity (Wildman–Crippen MR) is 122 cm³/mol. The van der Waals surface area contributed by atoms with E-state index >= 15 is 0 Å². The van der Waals surface area contributed by atoms with Gasteiger partial charge in [0.1, 0.15) is 5.82 Å². The van der Waals surface area contributed by atoms with E-state index in [1.165, 1.54) is 6.20 Å². The van der Waals surface area contributed by atoms with Crippen LogP contribution >= 0.6 is 23.2 Å². The fourth-order valence-electron chi connectivity index (χ4n) is 3.54. The molecule has 32 heavy (non-hydrogen) atoms. The van der Waals surface area contributed by atoms with E-state index in [0.717, 1.165) is 22.9 Å². The van der Waals surface area contributed by atoms with Crippen LogP contribution in [0.1, 0.15) is 16.2 Å². The summed E-state index contributed by atoms with van der Waals surface area (Å²) in [5.74, 6) is 1.78. The van der Waals surface area contributed by atoms with Gasteiger partial charge in [0.2, 0.25) is 0 Å². The molecule has 0 radical (unpaired) electrons. The van der Waals surface area contributed by atoms with Crippen molar-refractivity contribution < 1.29 is 4.79 Å². The number of carbonyl (C=O) groups is 1. The molecule has 5 rings (SSSR count). The maximum Gasteiger partial charge on any atom is 0.255 e. The fourth-order valence-corrected chi connectivity index (χ4v) is 3.88. The van der Waals surface area contributed by atoms with Gasteiger partial charge in [0, 0.05) is 48.0 Å². The maximum atomic E-state index is 13.1. The molecular weight excluding hydrogens is 449 g/mol. The monoisotopic (exact) mass is 465 g/mol. The zero-order chi connectivity index (χ0) is 22.1. The van der Waals surface area contributed by atoms with Crippen LogP contribution in [0.4, 0.5) is 11.5 Å². The summed E-state index contributed by atoms with van der Waals surface area (Å²) in [7, 11) is 0. The van der Waals surface area contributed by atoms with Crippen LogP contribution < -0.4 is 5.32 Å². The van der Waals surface area contributed by atoms with Crippen LogP contribution in [0.2, 0.25) is 10.0 Å². The number of hydrogen-bond donors (Lipinski definition) is 1. The molecule has 1 aliphatic heterocycles. The molecule has 0 saturated carbocycles. The Balaban J connectivity index is 1.31. The second-order valence-corrected chi connectivity index (χ2v) is 8.09. The number of halogens is 2. The molecule has 0 bridgehead atoms. The van der Waals surface area contributed by atoms with E-state index in [0.29, 0.717) is 41.1 Å². The fraction of sp³-hybridized carbons (Fsp3) is 0.136. The molecule has 1 amide bonds. The number of pyridine rings is 2. The number of nitrogens with zero attached hydrogens (tertiary/aromatic N) is 6. The lowest BCUT2D eigenvalue weighted by molar-refractivity contribution is 0.0707. The normalized spacial score (nSPS) is 13.0. The summed E-state index contributed by atoms with van der Waals surface area (Å²) < 4.78 is 2.02. The first-order chi connectivity index (χ1) is 15.6. The van der Waals surface area contributed by atoms with Crippen LogP contribution in [0, 0.1) is 0 Å². The molecule has 0 atom stereocenters. The van der Waals surface area contributed by atoms with Gasteiger partial charge in [-0.2, -0.15) is 0 Å². The third kappa shape index (κ3) is 4.02. The lowest BCUT2D eigenvalue weighted by Gasteiger charge is -2.28. The largest absolute Gasteiger partial charge is 0.339 e. The number of anilines is 2. The van der Waals surface area contributed by atoms with E-state index in [4.69, 9.17) is 23.2 Å². The van der Waals surface area contributed by atoms with Crippen LogP contribution in [-0.4, -0.2) is 42.1 Å². The molecule has 0 unspecified atom stereocenters. The number of hydrogen-bond acceptors (Lipinski definition) is 6. The lowest BCUT2D eigenvalue weighted by Crippen LogP contribution is -2.38. The van der Waals surface area contributed by atoms with Crippen LogP contribution in [0.5, 0.6) is 0 Å². The average molecular weight is 466 g/mol. The van der Waals surface area contributed by atoms with Gasteiger partial charge >= 0.3 is 0 Å². The minimum Gasteiger partial charge on any atom is -0.339 e. The minimum absolute atomic E-state index is 0.158. The number of fused-ring (bicyclic) bond motifs is 1. The van der Waals surface area contributed by atoms with Crippen molar-refractivity contribution in [1.29, 1.82) is 0 Å². The minimum atomic E-state index is -0.158. The highest BCUT2D eigenvalue weighted by molar-refractivity contribution is 6.33. The number of aromatic nitrogens is 5. The highest BCUT2D eigenvalue weighted by Crippen LogP contribution is 2.26. The van der Waals surface area contributed by atoms with Gasteiger partial charge in [0.05, 0.1) is 17.1 Å². The molecule has 0 aliphatic carbocycles. The van der Waals surface area contributed by atoms with Crippen LogP contribution in [0.15, 0.2) is 61.1 Å². The first-order valence-corrected chi connectivity index (χ1v) is 10.6. The Morgan fingerprint density at radius 2 is 1.88 bits per heavy atom. The molecule has 0 spiro atoms. The van der Waals surface area contributed by atoms with Crippen molar-refractivity contribution in [2.24, 2.45) is 0 Å². The van der Waals surface area contributed by atoms with Crippen molar-refractivity contribution in [3.8, 4) is 11.4 Å². The number of nitrogens with one attached hydrogen (secondary N) is 1. The SMILES string of the molecule is O=C(c1cnc(Nc2ccc(Cl)cc2)c(Cl)c1)N1CCn2c(nnc2-c2cccnc2)C1. The third-order valence-electron chi connectivity index (χ3n) is 5.16. The molecule has 4 aromatic rings. The third-order valence-corrected chi connectivity index (χ3v) is 5.70. The van der Waals surface area contributed by atoms with Gasteiger partial charge in [-0.1, -0.05) is 23.2 Å². The molecule has 0 saturated heterocycles. The zero-order valence-electron chi connectivity index (χ0n) is 16.7. The van der Waals surface area contributed by atoms with E-state index in [1.807, 2.05) is 28.8 Å². The summed E-state index contributed by atoms with van der Waals surface area (Å²) >= 11 is 12.3. The molecule has 1 aliphatic rings. The van der Waals surface area contributed by atoms with Gasteiger partial charge in [-0.25, -0.2) is 4.98 Å². The van der Waals surface area contributed by atoms with Crippen LogP contribution in [0.3, 0.4) is 0 Å². The first kappa shape index (κ1) is 20.4. The van der Waals surface area contributed by atoms with Gasteiger partial charge in [-0.15, -0.1) is 10.2 Å². The first-order valence-electron chi connectivity index (χ1n) is 9.88. The lowest BCUT2D eigenvalue weighted by atomic mass is 10.2. The van der Waals surface area contributed by atoms with E-state index in [-0.39, 0.29) is 5.91 Å². The van der Waals surface area contributed by atoms with Crippen molar-refractivity contribution >= 4 is 40.6 Å². The molecule has 0 fully saturated rings. The van der Waals surface area contributed by atoms with Gasteiger partial charge in [0.25, 0.3) is 5.91 Å². The van der Waals surface area contributed by atoms with Crippen molar-refractivity contribution in [3.05, 3.63) is 82.5 Å². The molecule has 1 N–H and O–H groups in total. The number of rotatable bonds is 4. The van der Waals surface area contributed by atoms with E-state index in [2.05, 4.69) is 25.5 Å². The number of amides is 1. The van der Waals surface area contributed by atoms with Crippen molar-refractivity contribution in [2.45, 2.75) is 13.1 Å². The van der Waals surface area contributed by atoms with Crippen LogP contribution in [-0.2, 0) is 13.1 Å². The molecule has 3 aromatic heterocycles. The quantitative estimate of drug-likeness (QED) is 0.479. The molecule has 4 heterocycles. The Kier molecular flexibility index (Phi) is 5.46. The van der Waals surface area contributed by atoms with Crippen molar-refractivity contribution in [3.63, 3.8) is 0 Å². The average Bonchev–Trinajstić information content (AvgIpc) is 3.25. The number of carbonyl (C=O) groups excluding carboxylic acids is 1. The van der Waals surface area contributed by atoms with E-state index in [9.17, 15) is 4.79 Å². The van der Waals surface area contributed by atoms with Crippen molar-refractivity contribution in [1.82, 2.24) is 29.6 Å². The topological polar surface area (TPSA) is 88.8 Å². The standard InChI is InChI=1S/C22H17Cl2N7O/c23-16-3-5-17(6-4-16)27-20-18(24)10-15(12-26-20)22(32)30-8-9-31-19(13-30)28-29-21(31)14-2-1-7-25-11-14/h1-7,10-12H,8-9,13H2,(H,26,27). The Hall–Kier alpha value is -3.49. The zero-order valence-corrected chi connectivity index (χ0v) is 18.3. The summed E-state index contributed by atoms with van der Waals surface area (Å²) in [6.07, 6.45) is 4.99. The number of benzene rings is 1. The Labute approximate surface area is 193 Å². The summed E-state index contributed by atoms with van der Waals surface area (Å²) in [5.41, 5.74) is 2.10. The van der Waals surface area contributed by atoms with Gasteiger partial charge in [0.15, 0.2) is 11.6 Å². The second kappa shape index (κ2) is 8.57. The molecule has 10 heteroatoms. The maximum absolute atomic E-state index is 13.1. The van der Waals surface area contributed by atoms with Gasteiger partial charge in [-0.05, 0) is 42.5 Å². The van der Waals surface area contributed by atoms with Gasteiger partial charge < -0.3 is 14.8 Å². The van der Waals surface area contributed by atoms with E-state index in [1.54, 1.807) is 35.5 Å². The highest BCUT2D eigenvalue weighted by Gasteiger charge is 2.26. The Morgan fingerprint density at radius 3 is 2.62 bits per heavy atom. The van der Waals surface area contributed by atoms with Crippen LogP contribution in [0.25, 0.3) is 11.4 Å². The predicted octanol–water partition coefficient (Wildman–Crippen LogP) is 4.44. The summed E-state index contributed by atoms with van der Waals surface area (Å²) in [6.45, 7) is 1.48. The summed E-state index contributed by atoms with van der Waals surface area (Å²) in [4.78, 5) is 23.3. The Morgan fingerprint density at radius 1 is 1.03 bits per heavy atom. The molecular formula is C22H17Cl2N7O. The van der Waals surface area contributed by atoms with Crippen molar-refractivity contribution in [2.75, 3.05) is 11.9 Å². The molecule has 8 nitrogen and oxygen atoms in total. The summed E-state index contributed by atoms with van der Waals surface area (Å²) in [5, 5.41) is 12.7. The van der Waals surface area contributed by atoms with Gasteiger partial charge in [-0.3, -0.25) is 9.78 Å². The highest BCUT2D eigenvalue weighted by atomic mass is 35.5. The second-order valence-electron chi connectivity index (χ2n) is 7.25. The summed E-state index contributed by atoms with van der Waals surface area (Å²) in [6, 6.07) is 12.6.